The van der Waals surface area contributed by atoms with Crippen LogP contribution in [0.4, 0.5) is 0 Å². The van der Waals surface area contributed by atoms with Gasteiger partial charge in [0, 0.05) is 16.5 Å². The number of Topliss-reactive ketones (excluding diaryl/α,β-unsaturated/α-hetero) is 1. The minimum absolute atomic E-state index is 0.251. The zero-order valence-electron chi connectivity index (χ0n) is 7.48. The Kier molecular flexibility index (Phi) is 2.89. The number of halogens is 1. The van der Waals surface area contributed by atoms with Crippen LogP contribution in [-0.2, 0) is 4.79 Å². The minimum Gasteiger partial charge on any atom is -0.295 e. The fourth-order valence-electron chi connectivity index (χ4n) is 1.32. The van der Waals surface area contributed by atoms with Crippen LogP contribution in [-0.4, -0.2) is 5.78 Å². The molecule has 1 atom stereocenters. The molecular weight excluding hydrogens is 216 g/mol. The molecule has 0 N–H and O–H groups in total. The molecule has 0 saturated heterocycles. The molecule has 0 aliphatic heterocycles. The molecule has 0 bridgehead atoms. The maximum absolute atomic E-state index is 11.4. The van der Waals surface area contributed by atoms with Gasteiger partial charge in [-0.25, -0.2) is 0 Å². The van der Waals surface area contributed by atoms with Crippen molar-refractivity contribution in [2.75, 3.05) is 0 Å². The maximum atomic E-state index is 11.4. The molecule has 66 valence electrons. The van der Waals surface area contributed by atoms with Crippen molar-refractivity contribution < 1.29 is 4.79 Å². The third-order valence-corrected chi connectivity index (χ3v) is 3.30. The molecule has 0 saturated carbocycles. The van der Waals surface area contributed by atoms with Crippen LogP contribution >= 0.6 is 15.9 Å². The first-order chi connectivity index (χ1) is 5.52. The lowest BCUT2D eigenvalue weighted by atomic mass is 9.85. The van der Waals surface area contributed by atoms with Crippen LogP contribution in [0.15, 0.2) is 22.2 Å². The highest BCUT2D eigenvalue weighted by atomic mass is 79.9. The van der Waals surface area contributed by atoms with Gasteiger partial charge in [0.1, 0.15) is 0 Å². The monoisotopic (exact) mass is 228 g/mol. The third kappa shape index (κ3) is 1.86. The van der Waals surface area contributed by atoms with E-state index in [9.17, 15) is 4.79 Å². The Hall–Kier alpha value is -0.370. The molecule has 0 radical (unpaired) electrons. The van der Waals surface area contributed by atoms with Gasteiger partial charge in [0.25, 0.3) is 0 Å². The fourth-order valence-corrected chi connectivity index (χ4v) is 1.93. The van der Waals surface area contributed by atoms with Crippen molar-refractivity contribution >= 4 is 21.7 Å². The van der Waals surface area contributed by atoms with Gasteiger partial charge in [0.15, 0.2) is 5.78 Å². The molecule has 1 aliphatic rings. The van der Waals surface area contributed by atoms with Crippen molar-refractivity contribution in [3.63, 3.8) is 0 Å². The van der Waals surface area contributed by atoms with Crippen LogP contribution in [0.5, 0.6) is 0 Å². The predicted octanol–water partition coefficient (Wildman–Crippen LogP) is 3.21. The third-order valence-electron chi connectivity index (χ3n) is 2.38. The molecule has 1 unspecified atom stereocenters. The highest BCUT2D eigenvalue weighted by Gasteiger charge is 2.23. The molecule has 0 amide bonds. The van der Waals surface area contributed by atoms with Crippen LogP contribution in [0.2, 0.25) is 0 Å². The lowest BCUT2D eigenvalue weighted by molar-refractivity contribution is -0.116. The minimum atomic E-state index is 0.251. The van der Waals surface area contributed by atoms with E-state index in [0.717, 1.165) is 22.0 Å². The number of rotatable bonds is 1. The van der Waals surface area contributed by atoms with Crippen molar-refractivity contribution in [1.29, 1.82) is 0 Å². The van der Waals surface area contributed by atoms with Crippen LogP contribution in [0, 0.1) is 5.92 Å². The van der Waals surface area contributed by atoms with Crippen LogP contribution in [0.1, 0.15) is 26.7 Å². The molecule has 0 aromatic heterocycles. The van der Waals surface area contributed by atoms with E-state index in [2.05, 4.69) is 22.5 Å². The molecule has 0 aromatic carbocycles. The number of hydrogen-bond donors (Lipinski definition) is 0. The SMILES string of the molecule is C=C(C)C1CC(=O)C(C)=C(Br)C1. The van der Waals surface area contributed by atoms with E-state index in [0.29, 0.717) is 12.3 Å². The van der Waals surface area contributed by atoms with Crippen molar-refractivity contribution in [3.8, 4) is 0 Å². The second-order valence-electron chi connectivity index (χ2n) is 3.40. The van der Waals surface area contributed by atoms with E-state index in [1.165, 1.54) is 0 Å². The Bertz CT molecular complexity index is 263. The van der Waals surface area contributed by atoms with Gasteiger partial charge in [0.2, 0.25) is 0 Å². The second kappa shape index (κ2) is 3.56. The summed E-state index contributed by atoms with van der Waals surface area (Å²) in [7, 11) is 0. The highest BCUT2D eigenvalue weighted by Crippen LogP contribution is 2.33. The number of allylic oxidation sites excluding steroid dienone is 3. The summed E-state index contributed by atoms with van der Waals surface area (Å²) < 4.78 is 1.05. The van der Waals surface area contributed by atoms with Gasteiger partial charge < -0.3 is 0 Å². The molecule has 1 nitrogen and oxygen atoms in total. The first-order valence-electron chi connectivity index (χ1n) is 4.06. The Morgan fingerprint density at radius 3 is 2.58 bits per heavy atom. The largest absolute Gasteiger partial charge is 0.295 e. The van der Waals surface area contributed by atoms with Gasteiger partial charge >= 0.3 is 0 Å². The van der Waals surface area contributed by atoms with Gasteiger partial charge in [-0.2, -0.15) is 0 Å². The van der Waals surface area contributed by atoms with Crippen LogP contribution in [0.3, 0.4) is 0 Å². The first kappa shape index (κ1) is 9.72. The molecular formula is C10H13BrO. The summed E-state index contributed by atoms with van der Waals surface area (Å²) >= 11 is 3.42. The second-order valence-corrected chi connectivity index (χ2v) is 4.36. The zero-order valence-corrected chi connectivity index (χ0v) is 9.07. The molecule has 12 heavy (non-hydrogen) atoms. The van der Waals surface area contributed by atoms with E-state index in [1.54, 1.807) is 0 Å². The van der Waals surface area contributed by atoms with Crippen molar-refractivity contribution in [2.45, 2.75) is 26.7 Å². The van der Waals surface area contributed by atoms with Gasteiger partial charge in [-0.05, 0) is 26.2 Å². The quantitative estimate of drug-likeness (QED) is 0.631. The average Bonchev–Trinajstić information content (AvgIpc) is 1.99. The smallest absolute Gasteiger partial charge is 0.159 e. The summed E-state index contributed by atoms with van der Waals surface area (Å²) in [4.78, 5) is 11.4. The summed E-state index contributed by atoms with van der Waals surface area (Å²) in [5.41, 5.74) is 1.99. The number of carbonyl (C=O) groups excluding carboxylic acids is 1. The first-order valence-corrected chi connectivity index (χ1v) is 4.85. The Morgan fingerprint density at radius 1 is 1.58 bits per heavy atom. The van der Waals surface area contributed by atoms with Crippen molar-refractivity contribution in [3.05, 3.63) is 22.2 Å². The summed E-state index contributed by atoms with van der Waals surface area (Å²) in [6.07, 6.45) is 1.57. The molecule has 0 heterocycles. The van der Waals surface area contributed by atoms with E-state index < -0.39 is 0 Å². The zero-order chi connectivity index (χ0) is 9.30. The van der Waals surface area contributed by atoms with Gasteiger partial charge in [-0.1, -0.05) is 28.1 Å². The van der Waals surface area contributed by atoms with Gasteiger partial charge in [0.05, 0.1) is 0 Å². The number of ketones is 1. The topological polar surface area (TPSA) is 17.1 Å². The molecule has 2 heteroatoms. The normalized spacial score (nSPS) is 24.6. The standard InChI is InChI=1S/C10H13BrO/c1-6(2)8-4-9(11)7(3)10(12)5-8/h8H,1,4-5H2,2-3H3. The summed E-state index contributed by atoms with van der Waals surface area (Å²) in [5, 5.41) is 0. The lowest BCUT2D eigenvalue weighted by Crippen LogP contribution is -2.16. The summed E-state index contributed by atoms with van der Waals surface area (Å²) in [6.45, 7) is 7.74. The predicted molar refractivity (Wildman–Crippen MR) is 54.2 cm³/mol. The number of hydrogen-bond acceptors (Lipinski definition) is 1. The summed E-state index contributed by atoms with van der Waals surface area (Å²) in [5.74, 6) is 0.594. The van der Waals surface area contributed by atoms with Gasteiger partial charge in [-0.15, -0.1) is 0 Å². The van der Waals surface area contributed by atoms with Crippen molar-refractivity contribution in [1.82, 2.24) is 0 Å². The number of carbonyl (C=O) groups is 1. The Balaban J connectivity index is 2.85. The molecule has 1 rings (SSSR count). The van der Waals surface area contributed by atoms with E-state index >= 15 is 0 Å². The highest BCUT2D eigenvalue weighted by molar-refractivity contribution is 9.11. The molecule has 0 spiro atoms. The molecule has 1 aliphatic carbocycles. The van der Waals surface area contributed by atoms with E-state index in [1.807, 2.05) is 13.8 Å². The van der Waals surface area contributed by atoms with Gasteiger partial charge in [-0.3, -0.25) is 4.79 Å². The Morgan fingerprint density at radius 2 is 2.17 bits per heavy atom. The van der Waals surface area contributed by atoms with E-state index in [4.69, 9.17) is 0 Å². The summed E-state index contributed by atoms with van der Waals surface area (Å²) in [6, 6.07) is 0. The van der Waals surface area contributed by atoms with Crippen molar-refractivity contribution in [2.24, 2.45) is 5.92 Å². The average molecular weight is 229 g/mol. The molecule has 0 aromatic rings. The van der Waals surface area contributed by atoms with Crippen LogP contribution in [0.25, 0.3) is 0 Å². The van der Waals surface area contributed by atoms with Crippen LogP contribution < -0.4 is 0 Å². The Labute approximate surface area is 81.7 Å². The molecule has 0 fully saturated rings. The maximum Gasteiger partial charge on any atom is 0.159 e. The van der Waals surface area contributed by atoms with E-state index in [-0.39, 0.29) is 5.78 Å². The fraction of sp³-hybridized carbons (Fsp3) is 0.500. The lowest BCUT2D eigenvalue weighted by Gasteiger charge is -2.22.